The normalized spacial score (nSPS) is 10.7. The minimum absolute atomic E-state index is 0.119. The SMILES string of the molecule is CCCCN(CC(N)=O)c1nc(NC)nc2nc[nH]c12. The summed E-state index contributed by atoms with van der Waals surface area (Å²) in [6.45, 7) is 2.91. The van der Waals surface area contributed by atoms with E-state index in [9.17, 15) is 4.79 Å². The van der Waals surface area contributed by atoms with E-state index in [1.54, 1.807) is 13.4 Å². The van der Waals surface area contributed by atoms with Crippen LogP contribution < -0.4 is 16.0 Å². The van der Waals surface area contributed by atoms with Gasteiger partial charge in [0.25, 0.3) is 0 Å². The van der Waals surface area contributed by atoms with Crippen molar-refractivity contribution in [2.75, 3.05) is 30.4 Å². The molecule has 0 saturated carbocycles. The summed E-state index contributed by atoms with van der Waals surface area (Å²) in [6.07, 6.45) is 3.53. The third-order valence-corrected chi connectivity index (χ3v) is 2.92. The molecule has 2 rings (SSSR count). The van der Waals surface area contributed by atoms with Crippen molar-refractivity contribution in [2.45, 2.75) is 19.8 Å². The van der Waals surface area contributed by atoms with Crippen LogP contribution in [0.5, 0.6) is 0 Å². The topological polar surface area (TPSA) is 113 Å². The monoisotopic (exact) mass is 277 g/mol. The Balaban J connectivity index is 2.44. The van der Waals surface area contributed by atoms with E-state index in [0.717, 1.165) is 12.8 Å². The lowest BCUT2D eigenvalue weighted by atomic mass is 10.3. The van der Waals surface area contributed by atoms with Gasteiger partial charge in [-0.1, -0.05) is 13.3 Å². The van der Waals surface area contributed by atoms with Crippen LogP contribution in [0.4, 0.5) is 11.8 Å². The Morgan fingerprint density at radius 2 is 2.30 bits per heavy atom. The Labute approximate surface area is 116 Å². The first-order valence-electron chi connectivity index (χ1n) is 6.57. The van der Waals surface area contributed by atoms with Crippen molar-refractivity contribution in [3.8, 4) is 0 Å². The van der Waals surface area contributed by atoms with Gasteiger partial charge < -0.3 is 20.9 Å². The van der Waals surface area contributed by atoms with Crippen molar-refractivity contribution in [1.82, 2.24) is 19.9 Å². The fourth-order valence-corrected chi connectivity index (χ4v) is 1.96. The molecule has 0 saturated heterocycles. The van der Waals surface area contributed by atoms with E-state index in [2.05, 4.69) is 32.2 Å². The molecule has 8 nitrogen and oxygen atoms in total. The summed E-state index contributed by atoms with van der Waals surface area (Å²) < 4.78 is 0. The van der Waals surface area contributed by atoms with E-state index in [1.807, 2.05) is 4.90 Å². The molecule has 2 aromatic heterocycles. The number of aromatic amines is 1. The number of hydrogen-bond acceptors (Lipinski definition) is 6. The number of nitrogens with one attached hydrogen (secondary N) is 2. The zero-order valence-electron chi connectivity index (χ0n) is 11.7. The van der Waals surface area contributed by atoms with Gasteiger partial charge in [0.2, 0.25) is 11.9 Å². The molecule has 0 aliphatic carbocycles. The Morgan fingerprint density at radius 1 is 1.50 bits per heavy atom. The van der Waals surface area contributed by atoms with Crippen LogP contribution >= 0.6 is 0 Å². The second-order valence-electron chi connectivity index (χ2n) is 4.46. The number of nitrogens with zero attached hydrogens (tertiary/aromatic N) is 4. The predicted molar refractivity (Wildman–Crippen MR) is 77.5 cm³/mol. The molecule has 1 amide bonds. The maximum Gasteiger partial charge on any atom is 0.236 e. The molecule has 0 fully saturated rings. The van der Waals surface area contributed by atoms with Gasteiger partial charge in [-0.25, -0.2) is 4.98 Å². The molecule has 0 radical (unpaired) electrons. The lowest BCUT2D eigenvalue weighted by molar-refractivity contribution is -0.116. The lowest BCUT2D eigenvalue weighted by Gasteiger charge is -2.22. The Morgan fingerprint density at radius 3 is 2.95 bits per heavy atom. The van der Waals surface area contributed by atoms with Crippen LogP contribution in [-0.2, 0) is 4.79 Å². The number of nitrogens with two attached hydrogens (primary N) is 1. The van der Waals surface area contributed by atoms with Crippen molar-refractivity contribution in [3.05, 3.63) is 6.33 Å². The number of carbonyl (C=O) groups excluding carboxylic acids is 1. The molecule has 108 valence electrons. The molecule has 0 spiro atoms. The Bertz CT molecular complexity index is 595. The first kappa shape index (κ1) is 14.0. The largest absolute Gasteiger partial charge is 0.368 e. The van der Waals surface area contributed by atoms with Gasteiger partial charge in [-0.2, -0.15) is 9.97 Å². The van der Waals surface area contributed by atoms with Crippen molar-refractivity contribution < 1.29 is 4.79 Å². The molecular weight excluding hydrogens is 258 g/mol. The summed E-state index contributed by atoms with van der Waals surface area (Å²) in [5, 5.41) is 2.89. The van der Waals surface area contributed by atoms with Gasteiger partial charge in [-0.3, -0.25) is 4.79 Å². The lowest BCUT2D eigenvalue weighted by Crippen LogP contribution is -2.35. The number of primary amides is 1. The summed E-state index contributed by atoms with van der Waals surface area (Å²) in [4.78, 5) is 29.0. The molecule has 8 heteroatoms. The standard InChI is InChI=1S/C12H19N7O/c1-3-4-5-19(6-8(13)20)11-9-10(16-7-15-9)17-12(14-2)18-11/h7H,3-6H2,1-2H3,(H2,13,20)(H2,14,15,16,17,18). The van der Waals surface area contributed by atoms with Gasteiger partial charge in [0.05, 0.1) is 12.9 Å². The van der Waals surface area contributed by atoms with Crippen LogP contribution in [0.3, 0.4) is 0 Å². The number of rotatable bonds is 7. The summed E-state index contributed by atoms with van der Waals surface area (Å²) in [6, 6.07) is 0. The molecule has 4 N–H and O–H groups in total. The number of aromatic nitrogens is 4. The zero-order chi connectivity index (χ0) is 14.5. The maximum atomic E-state index is 11.3. The van der Waals surface area contributed by atoms with Crippen LogP contribution in [-0.4, -0.2) is 46.0 Å². The molecule has 0 aliphatic heterocycles. The molecule has 0 aromatic carbocycles. The minimum atomic E-state index is -0.390. The summed E-state index contributed by atoms with van der Waals surface area (Å²) in [5.74, 6) is 0.716. The Kier molecular flexibility index (Phi) is 4.34. The smallest absolute Gasteiger partial charge is 0.236 e. The molecule has 0 unspecified atom stereocenters. The van der Waals surface area contributed by atoms with Gasteiger partial charge in [-0.15, -0.1) is 0 Å². The number of anilines is 2. The van der Waals surface area contributed by atoms with E-state index < -0.39 is 5.91 Å². The van der Waals surface area contributed by atoms with Gasteiger partial charge in [0.1, 0.15) is 5.52 Å². The summed E-state index contributed by atoms with van der Waals surface area (Å²) in [5.41, 5.74) is 6.60. The fourth-order valence-electron chi connectivity index (χ4n) is 1.96. The van der Waals surface area contributed by atoms with Gasteiger partial charge >= 0.3 is 0 Å². The molecule has 0 aliphatic rings. The maximum absolute atomic E-state index is 11.3. The van der Waals surface area contributed by atoms with E-state index >= 15 is 0 Å². The highest BCUT2D eigenvalue weighted by Crippen LogP contribution is 2.22. The van der Waals surface area contributed by atoms with Crippen molar-refractivity contribution >= 4 is 28.8 Å². The first-order chi connectivity index (χ1) is 9.65. The number of amides is 1. The second kappa shape index (κ2) is 6.18. The number of unbranched alkanes of at least 4 members (excludes halogenated alkanes) is 1. The quantitative estimate of drug-likeness (QED) is 0.678. The number of hydrogen-bond donors (Lipinski definition) is 3. The van der Waals surface area contributed by atoms with Crippen molar-refractivity contribution in [1.29, 1.82) is 0 Å². The molecule has 0 bridgehead atoms. The predicted octanol–water partition coefficient (Wildman–Crippen LogP) is 0.486. The van der Waals surface area contributed by atoms with Gasteiger partial charge in [0.15, 0.2) is 11.5 Å². The van der Waals surface area contributed by atoms with Crippen LogP contribution in [0.25, 0.3) is 11.2 Å². The highest BCUT2D eigenvalue weighted by molar-refractivity contribution is 5.87. The van der Waals surface area contributed by atoms with Crippen LogP contribution in [0.15, 0.2) is 6.33 Å². The summed E-state index contributed by atoms with van der Waals surface area (Å²) in [7, 11) is 1.74. The van der Waals surface area contributed by atoms with Gasteiger partial charge in [0, 0.05) is 13.6 Å². The molecule has 2 heterocycles. The van der Waals surface area contributed by atoms with Crippen LogP contribution in [0.1, 0.15) is 19.8 Å². The van der Waals surface area contributed by atoms with E-state index in [4.69, 9.17) is 5.73 Å². The highest BCUT2D eigenvalue weighted by Gasteiger charge is 2.17. The molecule has 2 aromatic rings. The number of fused-ring (bicyclic) bond motifs is 1. The molecule has 0 atom stereocenters. The molecular formula is C12H19N7O. The zero-order valence-corrected chi connectivity index (χ0v) is 11.7. The molecule has 20 heavy (non-hydrogen) atoms. The van der Waals surface area contributed by atoms with Crippen molar-refractivity contribution in [2.24, 2.45) is 5.73 Å². The highest BCUT2D eigenvalue weighted by atomic mass is 16.1. The van der Waals surface area contributed by atoms with Crippen molar-refractivity contribution in [3.63, 3.8) is 0 Å². The van der Waals surface area contributed by atoms with E-state index in [1.165, 1.54) is 0 Å². The first-order valence-corrected chi connectivity index (χ1v) is 6.57. The average Bonchev–Trinajstić information content (AvgIpc) is 2.90. The number of H-pyrrole nitrogens is 1. The number of carbonyl (C=O) groups is 1. The van der Waals surface area contributed by atoms with Gasteiger partial charge in [-0.05, 0) is 6.42 Å². The summed E-state index contributed by atoms with van der Waals surface area (Å²) >= 11 is 0. The van der Waals surface area contributed by atoms with E-state index in [-0.39, 0.29) is 6.54 Å². The fraction of sp³-hybridized carbons (Fsp3) is 0.500. The van der Waals surface area contributed by atoms with Crippen LogP contribution in [0.2, 0.25) is 0 Å². The average molecular weight is 277 g/mol. The minimum Gasteiger partial charge on any atom is -0.368 e. The van der Waals surface area contributed by atoms with Crippen LogP contribution in [0, 0.1) is 0 Å². The van der Waals surface area contributed by atoms with E-state index in [0.29, 0.717) is 29.5 Å². The third-order valence-electron chi connectivity index (χ3n) is 2.92. The second-order valence-corrected chi connectivity index (χ2v) is 4.46. The third kappa shape index (κ3) is 2.95. The number of imidazole rings is 1. The Hall–Kier alpha value is -2.38.